The van der Waals surface area contributed by atoms with Crippen molar-refractivity contribution in [1.29, 1.82) is 0 Å². The first-order valence-electron chi connectivity index (χ1n) is 10.3. The van der Waals surface area contributed by atoms with Crippen molar-refractivity contribution in [1.82, 2.24) is 9.97 Å². The molecule has 0 saturated carbocycles. The summed E-state index contributed by atoms with van der Waals surface area (Å²) in [6, 6.07) is 37.7. The van der Waals surface area contributed by atoms with E-state index in [-0.39, 0.29) is 0 Å². The van der Waals surface area contributed by atoms with Gasteiger partial charge in [-0.1, -0.05) is 103 Å². The molecule has 2 heterocycles. The Hall–Kier alpha value is -3.82. The predicted octanol–water partition coefficient (Wildman–Crippen LogP) is 7.85. The fourth-order valence-electron chi connectivity index (χ4n) is 4.05. The van der Waals surface area contributed by atoms with Gasteiger partial charge in [0.15, 0.2) is 5.82 Å². The summed E-state index contributed by atoms with van der Waals surface area (Å²) < 4.78 is 2.37. The molecule has 31 heavy (non-hydrogen) atoms. The Morgan fingerprint density at radius 1 is 0.516 bits per heavy atom. The first-order valence-corrected chi connectivity index (χ1v) is 11.1. The van der Waals surface area contributed by atoms with E-state index in [1.54, 1.807) is 11.3 Å². The highest BCUT2D eigenvalue weighted by Gasteiger charge is 2.17. The Labute approximate surface area is 184 Å². The maximum absolute atomic E-state index is 5.12. The molecule has 0 unspecified atom stereocenters. The van der Waals surface area contributed by atoms with Crippen LogP contribution in [-0.4, -0.2) is 9.97 Å². The molecule has 0 atom stereocenters. The van der Waals surface area contributed by atoms with Crippen LogP contribution in [0.5, 0.6) is 0 Å². The van der Waals surface area contributed by atoms with E-state index >= 15 is 0 Å². The summed E-state index contributed by atoms with van der Waals surface area (Å²) in [4.78, 5) is 10.2. The monoisotopic (exact) mass is 414 g/mol. The fourth-order valence-corrected chi connectivity index (χ4v) is 5.20. The molecule has 0 saturated heterocycles. The number of hydrogen-bond acceptors (Lipinski definition) is 3. The van der Waals surface area contributed by atoms with Crippen molar-refractivity contribution in [2.75, 3.05) is 0 Å². The van der Waals surface area contributed by atoms with Gasteiger partial charge < -0.3 is 0 Å². The number of aromatic nitrogens is 2. The summed E-state index contributed by atoms with van der Waals surface area (Å²) in [5, 5.41) is 1.18. The topological polar surface area (TPSA) is 25.8 Å². The molecule has 2 nitrogen and oxygen atoms in total. The van der Waals surface area contributed by atoms with Crippen molar-refractivity contribution in [3.05, 3.63) is 109 Å². The number of rotatable bonds is 3. The first-order chi connectivity index (χ1) is 15.4. The van der Waals surface area contributed by atoms with Gasteiger partial charge in [0.05, 0.1) is 15.9 Å². The number of nitrogens with zero attached hydrogens (tertiary/aromatic N) is 2. The quantitative estimate of drug-likeness (QED) is 0.295. The predicted molar refractivity (Wildman–Crippen MR) is 131 cm³/mol. The molecule has 0 aliphatic heterocycles. The molecular weight excluding hydrogens is 396 g/mol. The van der Waals surface area contributed by atoms with Gasteiger partial charge in [-0.15, -0.1) is 11.3 Å². The average molecular weight is 415 g/mol. The van der Waals surface area contributed by atoms with Crippen LogP contribution in [0.3, 0.4) is 0 Å². The van der Waals surface area contributed by atoms with E-state index in [1.807, 2.05) is 12.1 Å². The minimum absolute atomic E-state index is 0.759. The maximum atomic E-state index is 5.12. The third kappa shape index (κ3) is 3.11. The van der Waals surface area contributed by atoms with Gasteiger partial charge in [0, 0.05) is 21.2 Å². The third-order valence-electron chi connectivity index (χ3n) is 5.52. The van der Waals surface area contributed by atoms with Crippen molar-refractivity contribution in [3.8, 4) is 33.8 Å². The summed E-state index contributed by atoms with van der Waals surface area (Å²) in [6.45, 7) is 0. The fraction of sp³-hybridized carbons (Fsp3) is 0. The smallest absolute Gasteiger partial charge is 0.161 e. The molecule has 146 valence electrons. The molecule has 0 spiro atoms. The Morgan fingerprint density at radius 2 is 1.13 bits per heavy atom. The van der Waals surface area contributed by atoms with E-state index in [1.165, 1.54) is 15.6 Å². The highest BCUT2D eigenvalue weighted by molar-refractivity contribution is 7.26. The molecule has 6 rings (SSSR count). The van der Waals surface area contributed by atoms with Gasteiger partial charge in [-0.3, -0.25) is 0 Å². The summed E-state index contributed by atoms with van der Waals surface area (Å²) >= 11 is 1.76. The molecule has 0 fully saturated rings. The largest absolute Gasteiger partial charge is 0.226 e. The lowest BCUT2D eigenvalue weighted by atomic mass is 9.99. The van der Waals surface area contributed by atoms with Gasteiger partial charge in [0.25, 0.3) is 0 Å². The molecule has 0 aliphatic carbocycles. The second kappa shape index (κ2) is 7.46. The molecule has 0 radical (unpaired) electrons. The van der Waals surface area contributed by atoms with Crippen molar-refractivity contribution in [2.24, 2.45) is 0 Å². The van der Waals surface area contributed by atoms with Crippen LogP contribution < -0.4 is 0 Å². The van der Waals surface area contributed by atoms with Crippen LogP contribution in [0.15, 0.2) is 109 Å². The van der Waals surface area contributed by atoms with Crippen molar-refractivity contribution in [3.63, 3.8) is 0 Å². The molecule has 2 aromatic heterocycles. The van der Waals surface area contributed by atoms with Crippen LogP contribution in [0.2, 0.25) is 0 Å². The van der Waals surface area contributed by atoms with Crippen molar-refractivity contribution >= 4 is 31.6 Å². The van der Waals surface area contributed by atoms with Gasteiger partial charge in [-0.25, -0.2) is 9.97 Å². The van der Waals surface area contributed by atoms with Gasteiger partial charge in [-0.05, 0) is 17.2 Å². The molecule has 0 N–H and O–H groups in total. The van der Waals surface area contributed by atoms with Crippen molar-refractivity contribution < 1.29 is 0 Å². The van der Waals surface area contributed by atoms with Gasteiger partial charge >= 0.3 is 0 Å². The van der Waals surface area contributed by atoms with Crippen LogP contribution in [0, 0.1) is 0 Å². The Kier molecular flexibility index (Phi) is 4.33. The van der Waals surface area contributed by atoms with E-state index in [0.717, 1.165) is 38.4 Å². The average Bonchev–Trinajstić information content (AvgIpc) is 3.23. The first kappa shape index (κ1) is 18.0. The second-order valence-corrected chi connectivity index (χ2v) is 8.50. The Bertz CT molecular complexity index is 1520. The molecule has 0 bridgehead atoms. The molecule has 6 aromatic rings. The van der Waals surface area contributed by atoms with E-state index in [2.05, 4.69) is 97.1 Å². The van der Waals surface area contributed by atoms with Crippen molar-refractivity contribution in [2.45, 2.75) is 0 Å². The summed E-state index contributed by atoms with van der Waals surface area (Å²) in [7, 11) is 0. The molecule has 3 heteroatoms. The molecule has 0 aliphatic rings. The van der Waals surface area contributed by atoms with Gasteiger partial charge in [0.1, 0.15) is 0 Å². The highest BCUT2D eigenvalue weighted by Crippen LogP contribution is 2.40. The maximum Gasteiger partial charge on any atom is 0.161 e. The van der Waals surface area contributed by atoms with E-state index in [4.69, 9.17) is 9.97 Å². The minimum atomic E-state index is 0.759. The standard InChI is InChI=1S/C28H18N2S/c1-3-11-19(12-4-1)21-15-7-8-16-22(21)28-29-25(20-13-5-2-6-14-20)27-26(30-28)23-17-9-10-18-24(23)31-27/h1-18H. The molecule has 4 aromatic carbocycles. The van der Waals surface area contributed by atoms with Crippen LogP contribution >= 0.6 is 11.3 Å². The highest BCUT2D eigenvalue weighted by atomic mass is 32.1. The summed E-state index contributed by atoms with van der Waals surface area (Å²) in [6.07, 6.45) is 0. The number of fused-ring (bicyclic) bond motifs is 3. The lowest BCUT2D eigenvalue weighted by Crippen LogP contribution is -1.95. The van der Waals surface area contributed by atoms with E-state index in [0.29, 0.717) is 0 Å². The SMILES string of the molecule is c1ccc(-c2ccccc2-c2nc(-c3ccccc3)c3sc4ccccc4c3n2)cc1. The Morgan fingerprint density at radius 3 is 1.90 bits per heavy atom. The zero-order valence-electron chi connectivity index (χ0n) is 16.7. The second-order valence-electron chi connectivity index (χ2n) is 7.45. The zero-order chi connectivity index (χ0) is 20.6. The van der Waals surface area contributed by atoms with Gasteiger partial charge in [0.2, 0.25) is 0 Å². The lowest BCUT2D eigenvalue weighted by molar-refractivity contribution is 1.24. The Balaban J connectivity index is 1.69. The van der Waals surface area contributed by atoms with Crippen LogP contribution in [0.1, 0.15) is 0 Å². The van der Waals surface area contributed by atoms with E-state index in [9.17, 15) is 0 Å². The molecule has 0 amide bonds. The van der Waals surface area contributed by atoms with Crippen LogP contribution in [-0.2, 0) is 0 Å². The number of thiophene rings is 1. The third-order valence-corrected chi connectivity index (χ3v) is 6.69. The summed E-state index contributed by atoms with van der Waals surface area (Å²) in [5.74, 6) is 0.759. The number of hydrogen-bond donors (Lipinski definition) is 0. The zero-order valence-corrected chi connectivity index (χ0v) is 17.5. The number of benzene rings is 4. The minimum Gasteiger partial charge on any atom is -0.226 e. The van der Waals surface area contributed by atoms with Crippen LogP contribution in [0.25, 0.3) is 54.1 Å². The van der Waals surface area contributed by atoms with Crippen LogP contribution in [0.4, 0.5) is 0 Å². The molecular formula is C28H18N2S. The van der Waals surface area contributed by atoms with E-state index < -0.39 is 0 Å². The lowest BCUT2D eigenvalue weighted by Gasteiger charge is -2.11. The normalized spacial score (nSPS) is 11.2. The summed E-state index contributed by atoms with van der Waals surface area (Å²) in [5.41, 5.74) is 6.47. The van der Waals surface area contributed by atoms with Gasteiger partial charge in [-0.2, -0.15) is 0 Å².